The van der Waals surface area contributed by atoms with Crippen LogP contribution in [0, 0.1) is 12.3 Å². The van der Waals surface area contributed by atoms with Gasteiger partial charge in [-0.2, -0.15) is 0 Å². The molecule has 0 aliphatic heterocycles. The molecule has 1 N–H and O–H groups in total. The van der Waals surface area contributed by atoms with E-state index in [1.807, 2.05) is 24.3 Å². The predicted molar refractivity (Wildman–Crippen MR) is 147 cm³/mol. The summed E-state index contributed by atoms with van der Waals surface area (Å²) in [5, 5.41) is 8.88. The first-order valence-electron chi connectivity index (χ1n) is 11.9. The molecule has 2 heteroatoms. The number of benzene rings is 4. The van der Waals surface area contributed by atoms with E-state index in [-0.39, 0.29) is 0 Å². The Labute approximate surface area is 205 Å². The van der Waals surface area contributed by atoms with Gasteiger partial charge in [-0.3, -0.25) is 0 Å². The van der Waals surface area contributed by atoms with Crippen LogP contribution < -0.4 is 0 Å². The van der Waals surface area contributed by atoms with Gasteiger partial charge in [0.2, 0.25) is 0 Å². The number of aryl methyl sites for hydroxylation is 1. The zero-order valence-electron chi connectivity index (χ0n) is 19.6. The molecule has 1 heterocycles. The van der Waals surface area contributed by atoms with Crippen LogP contribution >= 0.6 is 0 Å². The summed E-state index contributed by atoms with van der Waals surface area (Å²) in [4.78, 5) is 0. The monoisotopic (exact) mass is 451 g/mol. The second-order valence-corrected chi connectivity index (χ2v) is 8.99. The number of furan rings is 1. The Morgan fingerprint density at radius 3 is 2.31 bits per heavy atom. The molecule has 0 atom stereocenters. The summed E-state index contributed by atoms with van der Waals surface area (Å²) in [5.74, 6) is 0.951. The van der Waals surface area contributed by atoms with E-state index >= 15 is 0 Å². The van der Waals surface area contributed by atoms with Crippen LogP contribution in [0.1, 0.15) is 28.0 Å². The summed E-state index contributed by atoms with van der Waals surface area (Å²) in [6, 6.07) is 31.8. The Bertz CT molecular complexity index is 1630. The van der Waals surface area contributed by atoms with Gasteiger partial charge in [-0.15, -0.1) is 0 Å². The lowest BCUT2D eigenvalue weighted by atomic mass is 9.93. The summed E-state index contributed by atoms with van der Waals surface area (Å²) < 4.78 is 6.15. The van der Waals surface area contributed by atoms with Crippen LogP contribution in [0.3, 0.4) is 0 Å². The standard InChI is InChI=1S/C33H25NO/c1-22-18-26(25-11-5-10-24(19-25)23-8-3-2-4-9-23)16-17-29(22)27-12-6-14-31-30(20-27)33-28(21-34)13-7-15-32(33)35-31/h2-13,15-21,34H,14H2,1H3. The molecule has 1 aromatic heterocycles. The lowest BCUT2D eigenvalue weighted by Gasteiger charge is -2.11. The lowest BCUT2D eigenvalue weighted by Crippen LogP contribution is -1.90. The molecule has 5 aromatic rings. The van der Waals surface area contributed by atoms with Gasteiger partial charge in [0.15, 0.2) is 0 Å². The zero-order chi connectivity index (χ0) is 23.8. The van der Waals surface area contributed by atoms with Gasteiger partial charge in [0, 0.05) is 29.1 Å². The average molecular weight is 452 g/mol. The number of rotatable bonds is 4. The highest BCUT2D eigenvalue weighted by Crippen LogP contribution is 2.36. The van der Waals surface area contributed by atoms with Gasteiger partial charge in [-0.1, -0.05) is 91.0 Å². The van der Waals surface area contributed by atoms with Crippen molar-refractivity contribution in [2.45, 2.75) is 13.3 Å². The second kappa shape index (κ2) is 8.73. The van der Waals surface area contributed by atoms with E-state index in [4.69, 9.17) is 9.83 Å². The van der Waals surface area contributed by atoms with Crippen molar-refractivity contribution in [1.82, 2.24) is 0 Å². The molecule has 0 saturated heterocycles. The minimum atomic E-state index is 0.741. The number of hydrogen-bond acceptors (Lipinski definition) is 2. The summed E-state index contributed by atoms with van der Waals surface area (Å²) in [5.41, 5.74) is 11.3. The Kier molecular flexibility index (Phi) is 5.27. The summed E-state index contributed by atoms with van der Waals surface area (Å²) in [6.45, 7) is 2.18. The largest absolute Gasteiger partial charge is 0.460 e. The van der Waals surface area contributed by atoms with Crippen molar-refractivity contribution in [1.29, 1.82) is 5.41 Å². The van der Waals surface area contributed by atoms with Gasteiger partial charge in [0.05, 0.1) is 0 Å². The lowest BCUT2D eigenvalue weighted by molar-refractivity contribution is 0.564. The highest BCUT2D eigenvalue weighted by molar-refractivity contribution is 6.05. The first kappa shape index (κ1) is 21.1. The normalized spacial score (nSPS) is 12.8. The molecule has 0 bridgehead atoms. The number of allylic oxidation sites excluding steroid dienone is 3. The first-order valence-corrected chi connectivity index (χ1v) is 11.9. The summed E-state index contributed by atoms with van der Waals surface area (Å²) >= 11 is 0. The van der Waals surface area contributed by atoms with Crippen molar-refractivity contribution in [2.24, 2.45) is 0 Å². The maximum atomic E-state index is 7.86. The molecule has 0 spiro atoms. The molecular weight excluding hydrogens is 426 g/mol. The van der Waals surface area contributed by atoms with Crippen LogP contribution in [0.5, 0.6) is 0 Å². The number of fused-ring (bicyclic) bond motifs is 3. The summed E-state index contributed by atoms with van der Waals surface area (Å²) in [6.07, 6.45) is 8.72. The van der Waals surface area contributed by atoms with Crippen molar-refractivity contribution in [3.05, 3.63) is 131 Å². The van der Waals surface area contributed by atoms with Gasteiger partial charge < -0.3 is 9.83 Å². The molecule has 168 valence electrons. The quantitative estimate of drug-likeness (QED) is 0.273. The Morgan fingerprint density at radius 2 is 1.51 bits per heavy atom. The third-order valence-corrected chi connectivity index (χ3v) is 6.76. The van der Waals surface area contributed by atoms with E-state index in [9.17, 15) is 0 Å². The second-order valence-electron chi connectivity index (χ2n) is 8.99. The van der Waals surface area contributed by atoms with Gasteiger partial charge in [-0.25, -0.2) is 0 Å². The molecule has 1 aliphatic rings. The highest BCUT2D eigenvalue weighted by atomic mass is 16.3. The van der Waals surface area contributed by atoms with Crippen molar-refractivity contribution in [3.8, 4) is 22.3 Å². The van der Waals surface area contributed by atoms with Gasteiger partial charge in [-0.05, 0) is 64.1 Å². The third kappa shape index (κ3) is 3.83. The van der Waals surface area contributed by atoms with Crippen LogP contribution in [0.4, 0.5) is 0 Å². The van der Waals surface area contributed by atoms with E-state index in [0.717, 1.165) is 39.9 Å². The maximum Gasteiger partial charge on any atom is 0.135 e. The predicted octanol–water partition coefficient (Wildman–Crippen LogP) is 8.73. The smallest absolute Gasteiger partial charge is 0.135 e. The molecule has 0 saturated carbocycles. The van der Waals surface area contributed by atoms with Gasteiger partial charge >= 0.3 is 0 Å². The number of hydrogen-bond donors (Lipinski definition) is 1. The Hall–Kier alpha value is -4.43. The van der Waals surface area contributed by atoms with Crippen molar-refractivity contribution >= 4 is 28.8 Å². The van der Waals surface area contributed by atoms with Crippen LogP contribution in [0.25, 0.3) is 44.9 Å². The van der Waals surface area contributed by atoms with Crippen LogP contribution in [-0.2, 0) is 6.42 Å². The first-order chi connectivity index (χ1) is 17.2. The van der Waals surface area contributed by atoms with E-state index in [1.54, 1.807) is 0 Å². The zero-order valence-corrected chi connectivity index (χ0v) is 19.6. The SMILES string of the molecule is Cc1cc(-c2cccc(-c3ccccc3)c2)ccc1C1=Cc2c(oc3cccc(C=N)c23)CC=C1. The third-order valence-electron chi connectivity index (χ3n) is 6.76. The maximum absolute atomic E-state index is 7.86. The molecule has 2 nitrogen and oxygen atoms in total. The average Bonchev–Trinajstić information content (AvgIpc) is 3.13. The molecule has 6 rings (SSSR count). The molecule has 35 heavy (non-hydrogen) atoms. The Morgan fingerprint density at radius 1 is 0.771 bits per heavy atom. The van der Waals surface area contributed by atoms with Crippen molar-refractivity contribution in [3.63, 3.8) is 0 Å². The fourth-order valence-corrected chi connectivity index (χ4v) is 5.01. The molecule has 4 aromatic carbocycles. The van der Waals surface area contributed by atoms with E-state index < -0.39 is 0 Å². The van der Waals surface area contributed by atoms with E-state index in [2.05, 4.69) is 91.9 Å². The molecule has 0 amide bonds. The van der Waals surface area contributed by atoms with Crippen LogP contribution in [-0.4, -0.2) is 6.21 Å². The molecule has 0 fully saturated rings. The van der Waals surface area contributed by atoms with E-state index in [1.165, 1.54) is 39.6 Å². The Balaban J connectivity index is 1.41. The van der Waals surface area contributed by atoms with Crippen LogP contribution in [0.15, 0.2) is 108 Å². The van der Waals surface area contributed by atoms with Gasteiger partial charge in [0.1, 0.15) is 11.3 Å². The van der Waals surface area contributed by atoms with Crippen molar-refractivity contribution < 1.29 is 4.42 Å². The molecule has 1 aliphatic carbocycles. The topological polar surface area (TPSA) is 37.0 Å². The fraction of sp³-hybridized carbons (Fsp3) is 0.0606. The van der Waals surface area contributed by atoms with E-state index in [0.29, 0.717) is 0 Å². The minimum absolute atomic E-state index is 0.741. The highest BCUT2D eigenvalue weighted by Gasteiger charge is 2.17. The summed E-state index contributed by atoms with van der Waals surface area (Å²) in [7, 11) is 0. The number of nitrogens with one attached hydrogen (secondary N) is 1. The molecule has 0 radical (unpaired) electrons. The van der Waals surface area contributed by atoms with Crippen molar-refractivity contribution in [2.75, 3.05) is 0 Å². The molecule has 0 unspecified atom stereocenters. The minimum Gasteiger partial charge on any atom is -0.460 e. The van der Waals surface area contributed by atoms with Gasteiger partial charge in [0.25, 0.3) is 0 Å². The van der Waals surface area contributed by atoms with Crippen LogP contribution in [0.2, 0.25) is 0 Å². The fourth-order valence-electron chi connectivity index (χ4n) is 5.01. The molecular formula is C33H25NO.